The highest BCUT2D eigenvalue weighted by molar-refractivity contribution is 5.95. The maximum atomic E-state index is 11.2. The Bertz CT molecular complexity index is 269. The molecule has 0 N–H and O–H groups in total. The molecule has 0 bridgehead atoms. The van der Waals surface area contributed by atoms with Gasteiger partial charge in [0.1, 0.15) is 0 Å². The highest BCUT2D eigenvalue weighted by atomic mass is 16.6. The number of rotatable bonds is 10. The number of carbonyl (C=O) groups excluding carboxylic acids is 2. The molecular weight excluding hydrogens is 228 g/mol. The number of esters is 2. The highest BCUT2D eigenvalue weighted by Gasteiger charge is 2.10. The van der Waals surface area contributed by atoms with Crippen molar-refractivity contribution in [2.45, 2.75) is 71.6 Å². The third-order valence-electron chi connectivity index (χ3n) is 2.79. The van der Waals surface area contributed by atoms with Gasteiger partial charge in [0.05, 0.1) is 0 Å². The second-order valence-corrected chi connectivity index (χ2v) is 4.77. The van der Waals surface area contributed by atoms with E-state index >= 15 is 0 Å². The first-order valence-corrected chi connectivity index (χ1v) is 6.98. The van der Waals surface area contributed by atoms with Gasteiger partial charge < -0.3 is 4.74 Å². The predicted octanol–water partition coefficient (Wildman–Crippen LogP) is 4.16. The summed E-state index contributed by atoms with van der Waals surface area (Å²) in [5.41, 5.74) is 0.263. The summed E-state index contributed by atoms with van der Waals surface area (Å²) in [6.07, 6.45) is 9.73. The number of carbonyl (C=O) groups is 2. The summed E-state index contributed by atoms with van der Waals surface area (Å²) in [5, 5.41) is 0. The van der Waals surface area contributed by atoms with Crippen LogP contribution in [-0.4, -0.2) is 11.9 Å². The SMILES string of the molecule is C=C(C)C(=O)OC(=O)CCCCCCCCCC. The Morgan fingerprint density at radius 3 is 1.94 bits per heavy atom. The van der Waals surface area contributed by atoms with E-state index in [9.17, 15) is 9.59 Å². The maximum absolute atomic E-state index is 11.2. The summed E-state index contributed by atoms with van der Waals surface area (Å²) in [6.45, 7) is 7.17. The van der Waals surface area contributed by atoms with E-state index in [2.05, 4.69) is 18.2 Å². The first kappa shape index (κ1) is 16.9. The van der Waals surface area contributed by atoms with Crippen LogP contribution in [0.3, 0.4) is 0 Å². The molecule has 104 valence electrons. The standard InChI is InChI=1S/C15H26O3/c1-4-5-6-7-8-9-10-11-12-14(16)18-15(17)13(2)3/h2,4-12H2,1,3H3. The minimum Gasteiger partial charge on any atom is -0.390 e. The van der Waals surface area contributed by atoms with E-state index in [-0.39, 0.29) is 5.57 Å². The van der Waals surface area contributed by atoms with Crippen LogP contribution < -0.4 is 0 Å². The summed E-state index contributed by atoms with van der Waals surface area (Å²) >= 11 is 0. The Morgan fingerprint density at radius 1 is 0.944 bits per heavy atom. The van der Waals surface area contributed by atoms with Gasteiger partial charge in [0, 0.05) is 12.0 Å². The van der Waals surface area contributed by atoms with Crippen LogP contribution >= 0.6 is 0 Å². The van der Waals surface area contributed by atoms with Crippen molar-refractivity contribution < 1.29 is 14.3 Å². The second-order valence-electron chi connectivity index (χ2n) is 4.77. The van der Waals surface area contributed by atoms with Crippen molar-refractivity contribution in [1.82, 2.24) is 0 Å². The van der Waals surface area contributed by atoms with E-state index in [0.717, 1.165) is 19.3 Å². The fourth-order valence-electron chi connectivity index (χ4n) is 1.64. The van der Waals surface area contributed by atoms with Gasteiger partial charge in [-0.1, -0.05) is 58.4 Å². The third-order valence-corrected chi connectivity index (χ3v) is 2.79. The normalized spacial score (nSPS) is 10.1. The average molecular weight is 254 g/mol. The van der Waals surface area contributed by atoms with Gasteiger partial charge in [-0.15, -0.1) is 0 Å². The molecule has 3 heteroatoms. The van der Waals surface area contributed by atoms with Crippen LogP contribution in [0.1, 0.15) is 71.6 Å². The van der Waals surface area contributed by atoms with Crippen molar-refractivity contribution in [2.75, 3.05) is 0 Å². The van der Waals surface area contributed by atoms with Gasteiger partial charge >= 0.3 is 11.9 Å². The molecule has 0 atom stereocenters. The number of ether oxygens (including phenoxy) is 1. The van der Waals surface area contributed by atoms with Gasteiger partial charge in [0.25, 0.3) is 0 Å². The largest absolute Gasteiger partial charge is 0.390 e. The second kappa shape index (κ2) is 11.0. The van der Waals surface area contributed by atoms with Crippen molar-refractivity contribution in [3.63, 3.8) is 0 Å². The van der Waals surface area contributed by atoms with E-state index in [0.29, 0.717) is 6.42 Å². The van der Waals surface area contributed by atoms with Crippen molar-refractivity contribution in [3.8, 4) is 0 Å². The first-order chi connectivity index (χ1) is 8.57. The smallest absolute Gasteiger partial charge is 0.340 e. The Hall–Kier alpha value is -1.12. The molecule has 0 aliphatic carbocycles. The summed E-state index contributed by atoms with van der Waals surface area (Å²) < 4.78 is 4.59. The van der Waals surface area contributed by atoms with Gasteiger partial charge in [-0.3, -0.25) is 4.79 Å². The van der Waals surface area contributed by atoms with Gasteiger partial charge in [-0.2, -0.15) is 0 Å². The fourth-order valence-corrected chi connectivity index (χ4v) is 1.64. The molecule has 0 amide bonds. The molecule has 3 nitrogen and oxygen atoms in total. The van der Waals surface area contributed by atoms with Crippen molar-refractivity contribution in [1.29, 1.82) is 0 Å². The van der Waals surface area contributed by atoms with E-state index in [1.54, 1.807) is 0 Å². The molecule has 0 rings (SSSR count). The molecule has 0 aromatic carbocycles. The zero-order chi connectivity index (χ0) is 13.8. The number of hydrogen-bond donors (Lipinski definition) is 0. The third kappa shape index (κ3) is 10.1. The monoisotopic (exact) mass is 254 g/mol. The minimum atomic E-state index is -0.612. The van der Waals surface area contributed by atoms with Crippen LogP contribution in [0, 0.1) is 0 Å². The van der Waals surface area contributed by atoms with Gasteiger partial charge in [0.2, 0.25) is 0 Å². The first-order valence-electron chi connectivity index (χ1n) is 6.98. The van der Waals surface area contributed by atoms with Crippen LogP contribution in [-0.2, 0) is 14.3 Å². The summed E-state index contributed by atoms with van der Waals surface area (Å²) in [4.78, 5) is 22.3. The zero-order valence-corrected chi connectivity index (χ0v) is 11.8. The molecule has 18 heavy (non-hydrogen) atoms. The van der Waals surface area contributed by atoms with Crippen LogP contribution in [0.4, 0.5) is 0 Å². The van der Waals surface area contributed by atoms with Gasteiger partial charge in [0.15, 0.2) is 0 Å². The molecular formula is C15H26O3. The maximum Gasteiger partial charge on any atom is 0.340 e. The lowest BCUT2D eigenvalue weighted by atomic mass is 10.1. The molecule has 0 saturated heterocycles. The number of unbranched alkanes of at least 4 members (excludes halogenated alkanes) is 7. The lowest BCUT2D eigenvalue weighted by Gasteiger charge is -2.03. The highest BCUT2D eigenvalue weighted by Crippen LogP contribution is 2.10. The quantitative estimate of drug-likeness (QED) is 0.254. The van der Waals surface area contributed by atoms with Crippen molar-refractivity contribution >= 4 is 11.9 Å². The summed E-state index contributed by atoms with van der Waals surface area (Å²) in [7, 11) is 0. The average Bonchev–Trinajstić information content (AvgIpc) is 2.32. The van der Waals surface area contributed by atoms with Crippen molar-refractivity contribution in [3.05, 3.63) is 12.2 Å². The molecule has 0 saturated carbocycles. The lowest BCUT2D eigenvalue weighted by molar-refractivity contribution is -0.156. The van der Waals surface area contributed by atoms with E-state index < -0.39 is 11.9 Å². The Kier molecular flexibility index (Phi) is 10.3. The van der Waals surface area contributed by atoms with E-state index in [1.807, 2.05) is 0 Å². The van der Waals surface area contributed by atoms with Crippen molar-refractivity contribution in [2.24, 2.45) is 0 Å². The number of hydrogen-bond acceptors (Lipinski definition) is 3. The van der Waals surface area contributed by atoms with Crippen LogP contribution in [0.2, 0.25) is 0 Å². The molecule has 0 aliphatic heterocycles. The zero-order valence-electron chi connectivity index (χ0n) is 11.8. The molecule has 0 radical (unpaired) electrons. The Balaban J connectivity index is 3.36. The van der Waals surface area contributed by atoms with Crippen LogP contribution in [0.5, 0.6) is 0 Å². The molecule has 0 fully saturated rings. The predicted molar refractivity (Wildman–Crippen MR) is 73.1 cm³/mol. The molecule has 0 aromatic rings. The fraction of sp³-hybridized carbons (Fsp3) is 0.733. The minimum absolute atomic E-state index is 0.263. The summed E-state index contributed by atoms with van der Waals surface area (Å²) in [6, 6.07) is 0. The lowest BCUT2D eigenvalue weighted by Crippen LogP contribution is -2.12. The molecule has 0 aliphatic rings. The molecule has 0 spiro atoms. The van der Waals surface area contributed by atoms with Crippen LogP contribution in [0.25, 0.3) is 0 Å². The Labute approximate surface area is 111 Å². The molecule has 0 aromatic heterocycles. The summed E-state index contributed by atoms with van der Waals surface area (Å²) in [5.74, 6) is -1.05. The van der Waals surface area contributed by atoms with Gasteiger partial charge in [-0.05, 0) is 13.3 Å². The molecule has 0 heterocycles. The van der Waals surface area contributed by atoms with E-state index in [1.165, 1.54) is 39.0 Å². The van der Waals surface area contributed by atoms with E-state index in [4.69, 9.17) is 0 Å². The molecule has 0 unspecified atom stereocenters. The topological polar surface area (TPSA) is 43.4 Å². The van der Waals surface area contributed by atoms with Gasteiger partial charge in [-0.25, -0.2) is 4.79 Å². The van der Waals surface area contributed by atoms with Crippen LogP contribution in [0.15, 0.2) is 12.2 Å². The Morgan fingerprint density at radius 2 is 1.44 bits per heavy atom.